The Morgan fingerprint density at radius 3 is 0.814 bits per heavy atom. The van der Waals surface area contributed by atoms with E-state index < -0.39 is 0 Å². The van der Waals surface area contributed by atoms with E-state index in [2.05, 4.69) is 300 Å². The van der Waals surface area contributed by atoms with E-state index in [9.17, 15) is 0 Å². The van der Waals surface area contributed by atoms with Gasteiger partial charge in [0, 0.05) is 56.4 Å². The third-order valence-corrected chi connectivity index (χ3v) is 13.1. The Bertz CT molecular complexity index is 3550. The molecule has 12 aromatic rings. The minimum atomic E-state index is 0.946. The molecule has 0 saturated heterocycles. The van der Waals surface area contributed by atoms with Crippen LogP contribution in [-0.4, -0.2) is 0 Å². The maximum atomic E-state index is 3.68. The molecule has 0 aliphatic carbocycles. The van der Waals surface area contributed by atoms with Gasteiger partial charge in [-0.3, -0.25) is 0 Å². The average Bonchev–Trinajstić information content (AvgIpc) is 3.44. The number of rotatable bonds is 8. The molecule has 0 atom stereocenters. The predicted molar refractivity (Wildman–Crippen MR) is 295 cm³/mol. The van der Waals surface area contributed by atoms with E-state index in [0.717, 1.165) is 89.4 Å². The molecule has 12 aromatic carbocycles. The molecule has 0 bridgehead atoms. The van der Waals surface area contributed by atoms with Gasteiger partial charge in [-0.1, -0.05) is 181 Å². The third-order valence-electron chi connectivity index (χ3n) is 13.1. The van der Waals surface area contributed by atoms with Crippen molar-refractivity contribution in [2.75, 3.05) is 9.80 Å². The van der Waals surface area contributed by atoms with Crippen molar-refractivity contribution in [3.8, 4) is 45.9 Å². The van der Waals surface area contributed by atoms with Gasteiger partial charge in [-0.15, -0.1) is 0 Å². The molecule has 0 aliphatic rings. The molecule has 0 heterocycles. The van der Waals surface area contributed by atoms with E-state index in [1.807, 2.05) is 0 Å². The molecule has 2 heteroatoms. The number of nitrogens with zero attached hydrogens (tertiary/aromatic N) is 2. The topological polar surface area (TPSA) is 6.48 Å². The van der Waals surface area contributed by atoms with Gasteiger partial charge in [0.1, 0.15) is 0 Å². The van der Waals surface area contributed by atoms with Gasteiger partial charge in [0.2, 0.25) is 0 Å². The summed E-state index contributed by atoms with van der Waals surface area (Å²) in [6, 6.07) is 94.2. The second-order valence-corrected chi connectivity index (χ2v) is 17.4. The Kier molecular flexibility index (Phi) is 11.1. The van der Waals surface area contributed by atoms with Gasteiger partial charge in [0.25, 0.3) is 0 Å². The number of benzene rings is 12. The first-order chi connectivity index (χ1) is 34.7. The molecule has 12 rings (SSSR count). The predicted octanol–water partition coefficient (Wildman–Crippen LogP) is 17.7. The van der Waals surface area contributed by atoms with Crippen LogP contribution in [0.15, 0.2) is 267 Å². The van der Waals surface area contributed by atoms with Crippen LogP contribution in [0.1, 0.15) is 22.3 Å². The zero-order valence-corrected chi connectivity index (χ0v) is 38.3. The van der Waals surface area contributed by atoms with E-state index in [4.69, 9.17) is 0 Å². The van der Waals surface area contributed by atoms with Gasteiger partial charge < -0.3 is 9.80 Å². The van der Waals surface area contributed by atoms with E-state index in [1.165, 1.54) is 21.5 Å². The van der Waals surface area contributed by atoms with Crippen LogP contribution in [0.25, 0.3) is 54.6 Å². The summed E-state index contributed by atoms with van der Waals surface area (Å²) in [6.45, 7) is 0. The Balaban J connectivity index is 0.990. The van der Waals surface area contributed by atoms with Crippen LogP contribution in [0.5, 0.6) is 0 Å². The Morgan fingerprint density at radius 2 is 0.500 bits per heavy atom. The molecular formula is C68H44N2. The SMILES string of the molecule is C(#Cc1cc(-c2ccccc2)c2ccc3c(C#Cc4ccc(N(c5ccccc5)c5ccccc5)cc4)cc(-c4ccccc4)c4ccc1c2c34)c1ccc(N(c2ccccc2)c2ccccc2)cc1. The van der Waals surface area contributed by atoms with Gasteiger partial charge in [-0.25, -0.2) is 0 Å². The fraction of sp³-hybridized carbons (Fsp3) is 0. The molecule has 0 N–H and O–H groups in total. The highest BCUT2D eigenvalue weighted by Gasteiger charge is 2.20. The van der Waals surface area contributed by atoms with Gasteiger partial charge in [-0.2, -0.15) is 0 Å². The second-order valence-electron chi connectivity index (χ2n) is 17.4. The van der Waals surface area contributed by atoms with Crippen molar-refractivity contribution in [2.24, 2.45) is 0 Å². The Labute approximate surface area is 409 Å². The van der Waals surface area contributed by atoms with Crippen molar-refractivity contribution in [2.45, 2.75) is 0 Å². The largest absolute Gasteiger partial charge is 0.311 e. The smallest absolute Gasteiger partial charge is 0.0462 e. The maximum absolute atomic E-state index is 3.68. The summed E-state index contributed by atoms with van der Waals surface area (Å²) in [7, 11) is 0. The molecule has 326 valence electrons. The lowest BCUT2D eigenvalue weighted by atomic mass is 9.84. The van der Waals surface area contributed by atoms with Crippen LogP contribution in [0.3, 0.4) is 0 Å². The summed E-state index contributed by atoms with van der Waals surface area (Å²) >= 11 is 0. The zero-order valence-electron chi connectivity index (χ0n) is 38.3. The lowest BCUT2D eigenvalue weighted by Crippen LogP contribution is -2.09. The minimum absolute atomic E-state index is 0.946. The molecule has 0 radical (unpaired) electrons. The highest BCUT2D eigenvalue weighted by molar-refractivity contribution is 6.29. The summed E-state index contributed by atoms with van der Waals surface area (Å²) in [5.41, 5.74) is 15.0. The van der Waals surface area contributed by atoms with Crippen molar-refractivity contribution in [3.63, 3.8) is 0 Å². The van der Waals surface area contributed by atoms with Gasteiger partial charge in [-0.05, 0) is 164 Å². The van der Waals surface area contributed by atoms with Crippen molar-refractivity contribution in [1.29, 1.82) is 0 Å². The molecule has 0 unspecified atom stereocenters. The van der Waals surface area contributed by atoms with Crippen LogP contribution >= 0.6 is 0 Å². The molecule has 0 saturated carbocycles. The highest BCUT2D eigenvalue weighted by atomic mass is 15.1. The van der Waals surface area contributed by atoms with Gasteiger partial charge >= 0.3 is 0 Å². The number of hydrogen-bond donors (Lipinski definition) is 0. The molecule has 0 aromatic heterocycles. The lowest BCUT2D eigenvalue weighted by Gasteiger charge is -2.25. The average molecular weight is 889 g/mol. The molecule has 70 heavy (non-hydrogen) atoms. The van der Waals surface area contributed by atoms with Crippen LogP contribution in [0, 0.1) is 23.7 Å². The first-order valence-electron chi connectivity index (χ1n) is 23.7. The quantitative estimate of drug-likeness (QED) is 0.111. The van der Waals surface area contributed by atoms with Crippen LogP contribution in [0.4, 0.5) is 34.1 Å². The summed E-state index contributed by atoms with van der Waals surface area (Å²) < 4.78 is 0. The first-order valence-corrected chi connectivity index (χ1v) is 23.7. The molecule has 0 spiro atoms. The summed E-state index contributed by atoms with van der Waals surface area (Å²) in [5, 5.41) is 7.03. The second kappa shape index (κ2) is 18.6. The van der Waals surface area contributed by atoms with Crippen molar-refractivity contribution in [3.05, 3.63) is 289 Å². The van der Waals surface area contributed by atoms with Gasteiger partial charge in [0.05, 0.1) is 0 Å². The fourth-order valence-corrected chi connectivity index (χ4v) is 9.78. The molecule has 0 amide bonds. The zero-order chi connectivity index (χ0) is 46.6. The standard InChI is InChI=1S/C68H44N2/c1-7-19-51(20-8-1)65-47-53(37-31-49-33-39-59(40-34-49)69(55-23-11-3-12-24-55)56-25-13-4-14-26-56)61-44-46-64-66(52-21-9-2-10-22-52)48-54(62-43-45-63(65)67(61)68(62)64)38-32-50-35-41-60(42-36-50)70(57-27-15-5-16-28-57)58-29-17-6-18-30-58/h1-30,33-36,39-48H. The highest BCUT2D eigenvalue weighted by Crippen LogP contribution is 2.45. The van der Waals surface area contributed by atoms with Gasteiger partial charge in [0.15, 0.2) is 0 Å². The first kappa shape index (κ1) is 41.8. The van der Waals surface area contributed by atoms with E-state index in [-0.39, 0.29) is 0 Å². The van der Waals surface area contributed by atoms with Crippen LogP contribution in [0.2, 0.25) is 0 Å². The Morgan fingerprint density at radius 1 is 0.229 bits per heavy atom. The maximum Gasteiger partial charge on any atom is 0.0462 e. The summed E-state index contributed by atoms with van der Waals surface area (Å²) in [5.74, 6) is 14.5. The lowest BCUT2D eigenvalue weighted by molar-refractivity contribution is 1.28. The van der Waals surface area contributed by atoms with E-state index in [1.54, 1.807) is 0 Å². The normalized spacial score (nSPS) is 10.9. The van der Waals surface area contributed by atoms with E-state index >= 15 is 0 Å². The fourth-order valence-electron chi connectivity index (χ4n) is 9.78. The monoisotopic (exact) mass is 888 g/mol. The number of anilines is 6. The van der Waals surface area contributed by atoms with Crippen LogP contribution < -0.4 is 9.80 Å². The molecule has 0 fully saturated rings. The molecule has 0 aliphatic heterocycles. The Hall–Kier alpha value is -9.60. The van der Waals surface area contributed by atoms with Crippen molar-refractivity contribution in [1.82, 2.24) is 0 Å². The molecular weight excluding hydrogens is 845 g/mol. The number of para-hydroxylation sites is 4. The summed E-state index contributed by atoms with van der Waals surface area (Å²) in [6.07, 6.45) is 0. The third kappa shape index (κ3) is 8.07. The number of hydrogen-bond acceptors (Lipinski definition) is 2. The molecule has 2 nitrogen and oxygen atoms in total. The van der Waals surface area contributed by atoms with Crippen molar-refractivity contribution >= 4 is 66.4 Å². The van der Waals surface area contributed by atoms with E-state index in [0.29, 0.717) is 0 Å². The summed E-state index contributed by atoms with van der Waals surface area (Å²) in [4.78, 5) is 4.55. The van der Waals surface area contributed by atoms with Crippen molar-refractivity contribution < 1.29 is 0 Å². The van der Waals surface area contributed by atoms with Crippen LogP contribution in [-0.2, 0) is 0 Å². The minimum Gasteiger partial charge on any atom is -0.311 e.